The van der Waals surface area contributed by atoms with Gasteiger partial charge in [-0.1, -0.05) is 18.2 Å². The molecule has 1 fully saturated rings. The van der Waals surface area contributed by atoms with Crippen LogP contribution < -0.4 is 5.32 Å². The number of nitrogens with one attached hydrogen (secondary N) is 1. The largest absolute Gasteiger partial charge is 0.331 e. The van der Waals surface area contributed by atoms with Crippen molar-refractivity contribution in [2.45, 2.75) is 32.4 Å². The molecule has 0 atom stereocenters. The fourth-order valence-electron chi connectivity index (χ4n) is 2.68. The Hall–Kier alpha value is -2.69. The van der Waals surface area contributed by atoms with Crippen LogP contribution in [0.1, 0.15) is 35.7 Å². The van der Waals surface area contributed by atoms with E-state index in [4.69, 9.17) is 0 Å². The van der Waals surface area contributed by atoms with Crippen LogP contribution in [0, 0.1) is 5.82 Å². The van der Waals surface area contributed by atoms with Gasteiger partial charge in [0.15, 0.2) is 0 Å². The fraction of sp³-hybridized carbons (Fsp3) is 0.263. The Morgan fingerprint density at radius 3 is 2.58 bits per heavy atom. The van der Waals surface area contributed by atoms with Crippen molar-refractivity contribution < 1.29 is 14.0 Å². The van der Waals surface area contributed by atoms with Crippen LogP contribution in [0.3, 0.4) is 0 Å². The number of anilines is 1. The van der Waals surface area contributed by atoms with Crippen LogP contribution in [0.15, 0.2) is 48.5 Å². The van der Waals surface area contributed by atoms with Gasteiger partial charge in [0, 0.05) is 30.8 Å². The van der Waals surface area contributed by atoms with Crippen LogP contribution in [-0.4, -0.2) is 22.8 Å². The highest BCUT2D eigenvalue weighted by Crippen LogP contribution is 2.30. The molecule has 0 heterocycles. The van der Waals surface area contributed by atoms with Gasteiger partial charge in [0.1, 0.15) is 5.82 Å². The van der Waals surface area contributed by atoms with Gasteiger partial charge in [-0.05, 0) is 48.7 Å². The van der Waals surface area contributed by atoms with Crippen molar-refractivity contribution in [3.63, 3.8) is 0 Å². The minimum Gasteiger partial charge on any atom is -0.331 e. The van der Waals surface area contributed by atoms with Crippen LogP contribution in [0.25, 0.3) is 0 Å². The molecule has 0 spiro atoms. The molecule has 2 amide bonds. The highest BCUT2D eigenvalue weighted by molar-refractivity contribution is 5.97. The summed E-state index contributed by atoms with van der Waals surface area (Å²) >= 11 is 0. The lowest BCUT2D eigenvalue weighted by atomic mass is 10.1. The lowest BCUT2D eigenvalue weighted by molar-refractivity contribution is -0.114. The van der Waals surface area contributed by atoms with Crippen molar-refractivity contribution in [2.24, 2.45) is 0 Å². The van der Waals surface area contributed by atoms with Crippen molar-refractivity contribution in [3.05, 3.63) is 65.5 Å². The molecule has 3 rings (SSSR count). The summed E-state index contributed by atoms with van der Waals surface area (Å²) in [5, 5.41) is 2.68. The molecule has 124 valence electrons. The van der Waals surface area contributed by atoms with Crippen LogP contribution in [0.2, 0.25) is 0 Å². The summed E-state index contributed by atoms with van der Waals surface area (Å²) in [6.45, 7) is 1.81. The number of amides is 2. The third-order valence-corrected chi connectivity index (χ3v) is 3.92. The molecule has 2 aromatic rings. The summed E-state index contributed by atoms with van der Waals surface area (Å²) < 4.78 is 13.4. The van der Waals surface area contributed by atoms with Gasteiger partial charge in [-0.15, -0.1) is 0 Å². The number of hydrogen-bond donors (Lipinski definition) is 1. The quantitative estimate of drug-likeness (QED) is 0.913. The van der Waals surface area contributed by atoms with E-state index >= 15 is 0 Å². The van der Waals surface area contributed by atoms with E-state index in [0.29, 0.717) is 17.8 Å². The van der Waals surface area contributed by atoms with Crippen molar-refractivity contribution in [1.29, 1.82) is 0 Å². The number of carbonyl (C=O) groups is 2. The van der Waals surface area contributed by atoms with Gasteiger partial charge in [0.25, 0.3) is 5.91 Å². The molecule has 1 saturated carbocycles. The standard InChI is InChI=1S/C19H19FN2O2/c1-13(23)21-17-7-3-5-15(11-17)19(24)22(18-8-9-18)12-14-4-2-6-16(20)10-14/h2-7,10-11,18H,8-9,12H2,1H3,(H,21,23). The summed E-state index contributed by atoms with van der Waals surface area (Å²) in [4.78, 5) is 25.8. The number of benzene rings is 2. The van der Waals surface area contributed by atoms with E-state index in [2.05, 4.69) is 5.32 Å². The van der Waals surface area contributed by atoms with Crippen molar-refractivity contribution in [2.75, 3.05) is 5.32 Å². The molecule has 24 heavy (non-hydrogen) atoms. The maximum atomic E-state index is 13.4. The second-order valence-corrected chi connectivity index (χ2v) is 6.06. The molecule has 1 aliphatic rings. The maximum absolute atomic E-state index is 13.4. The zero-order valence-electron chi connectivity index (χ0n) is 13.5. The first kappa shape index (κ1) is 16.2. The van der Waals surface area contributed by atoms with Crippen molar-refractivity contribution in [3.8, 4) is 0 Å². The smallest absolute Gasteiger partial charge is 0.254 e. The van der Waals surface area contributed by atoms with Gasteiger partial charge >= 0.3 is 0 Å². The van der Waals surface area contributed by atoms with Gasteiger partial charge in [-0.2, -0.15) is 0 Å². The number of rotatable bonds is 5. The molecule has 0 aliphatic heterocycles. The lowest BCUT2D eigenvalue weighted by Gasteiger charge is -2.23. The predicted molar refractivity (Wildman–Crippen MR) is 90.0 cm³/mol. The Morgan fingerprint density at radius 1 is 1.17 bits per heavy atom. The molecule has 1 aliphatic carbocycles. The first-order valence-electron chi connectivity index (χ1n) is 7.96. The van der Waals surface area contributed by atoms with E-state index in [1.54, 1.807) is 35.2 Å². The Labute approximate surface area is 140 Å². The van der Waals surface area contributed by atoms with Crippen LogP contribution in [-0.2, 0) is 11.3 Å². The molecular weight excluding hydrogens is 307 g/mol. The third-order valence-electron chi connectivity index (χ3n) is 3.92. The molecule has 0 aromatic heterocycles. The molecule has 0 unspecified atom stereocenters. The monoisotopic (exact) mass is 326 g/mol. The topological polar surface area (TPSA) is 49.4 Å². The maximum Gasteiger partial charge on any atom is 0.254 e. The summed E-state index contributed by atoms with van der Waals surface area (Å²) in [5.74, 6) is -0.587. The summed E-state index contributed by atoms with van der Waals surface area (Å²) in [6, 6.07) is 13.4. The Balaban J connectivity index is 1.81. The highest BCUT2D eigenvalue weighted by Gasteiger charge is 2.33. The normalized spacial score (nSPS) is 13.4. The molecular formula is C19H19FN2O2. The van der Waals surface area contributed by atoms with E-state index in [1.165, 1.54) is 19.1 Å². The Kier molecular flexibility index (Phi) is 4.60. The molecule has 0 bridgehead atoms. The van der Waals surface area contributed by atoms with Crippen molar-refractivity contribution in [1.82, 2.24) is 4.90 Å². The second kappa shape index (κ2) is 6.83. The molecule has 0 radical (unpaired) electrons. The summed E-state index contributed by atoms with van der Waals surface area (Å²) in [7, 11) is 0. The van der Waals surface area contributed by atoms with E-state index in [-0.39, 0.29) is 23.7 Å². The minimum atomic E-state index is -0.302. The second-order valence-electron chi connectivity index (χ2n) is 6.06. The fourth-order valence-corrected chi connectivity index (χ4v) is 2.68. The van der Waals surface area contributed by atoms with E-state index < -0.39 is 0 Å². The number of carbonyl (C=O) groups excluding carboxylic acids is 2. The molecule has 5 heteroatoms. The highest BCUT2D eigenvalue weighted by atomic mass is 19.1. The molecule has 1 N–H and O–H groups in total. The predicted octanol–water partition coefficient (Wildman–Crippen LogP) is 3.59. The average molecular weight is 326 g/mol. The zero-order chi connectivity index (χ0) is 17.1. The molecule has 2 aromatic carbocycles. The number of hydrogen-bond acceptors (Lipinski definition) is 2. The Morgan fingerprint density at radius 2 is 1.92 bits per heavy atom. The first-order valence-corrected chi connectivity index (χ1v) is 7.96. The third kappa shape index (κ3) is 3.98. The van der Waals surface area contributed by atoms with Gasteiger partial charge in [-0.3, -0.25) is 9.59 Å². The molecule has 4 nitrogen and oxygen atoms in total. The molecule has 0 saturated heterocycles. The summed E-state index contributed by atoms with van der Waals surface area (Å²) in [5.41, 5.74) is 1.88. The SMILES string of the molecule is CC(=O)Nc1cccc(C(=O)N(Cc2cccc(F)c2)C2CC2)c1. The van der Waals surface area contributed by atoms with Crippen LogP contribution >= 0.6 is 0 Å². The minimum absolute atomic E-state index is 0.103. The zero-order valence-corrected chi connectivity index (χ0v) is 13.5. The van der Waals surface area contributed by atoms with Crippen molar-refractivity contribution >= 4 is 17.5 Å². The summed E-state index contributed by atoms with van der Waals surface area (Å²) in [6.07, 6.45) is 1.93. The average Bonchev–Trinajstić information content (AvgIpc) is 3.36. The Bertz CT molecular complexity index is 771. The lowest BCUT2D eigenvalue weighted by Crippen LogP contribution is -2.32. The first-order chi connectivity index (χ1) is 11.5. The van der Waals surface area contributed by atoms with E-state index in [9.17, 15) is 14.0 Å². The van der Waals surface area contributed by atoms with Crippen LogP contribution in [0.5, 0.6) is 0 Å². The van der Waals surface area contributed by atoms with Gasteiger partial charge in [0.05, 0.1) is 0 Å². The number of halogens is 1. The van der Waals surface area contributed by atoms with Gasteiger partial charge in [-0.25, -0.2) is 4.39 Å². The van der Waals surface area contributed by atoms with E-state index in [0.717, 1.165) is 18.4 Å². The van der Waals surface area contributed by atoms with Crippen LogP contribution in [0.4, 0.5) is 10.1 Å². The number of nitrogens with zero attached hydrogens (tertiary/aromatic N) is 1. The van der Waals surface area contributed by atoms with Gasteiger partial charge in [0.2, 0.25) is 5.91 Å². The van der Waals surface area contributed by atoms with Gasteiger partial charge < -0.3 is 10.2 Å². The van der Waals surface area contributed by atoms with E-state index in [1.807, 2.05) is 6.07 Å².